The molecule has 0 bridgehead atoms. The number of hydrogen-bond donors (Lipinski definition) is 1. The van der Waals surface area contributed by atoms with Gasteiger partial charge in [-0.2, -0.15) is 0 Å². The van der Waals surface area contributed by atoms with Gasteiger partial charge in [0.25, 0.3) is 0 Å². The van der Waals surface area contributed by atoms with Crippen molar-refractivity contribution in [2.24, 2.45) is 5.92 Å². The molecule has 34 heavy (non-hydrogen) atoms. The highest BCUT2D eigenvalue weighted by Gasteiger charge is 2.28. The number of ether oxygens (including phenoxy) is 2. The van der Waals surface area contributed by atoms with Gasteiger partial charge in [-0.1, -0.05) is 19.4 Å². The van der Waals surface area contributed by atoms with E-state index in [0.29, 0.717) is 43.6 Å². The summed E-state index contributed by atoms with van der Waals surface area (Å²) in [6.07, 6.45) is 6.23. The van der Waals surface area contributed by atoms with E-state index in [1.807, 2.05) is 0 Å². The maximum Gasteiger partial charge on any atom is 0.415 e. The largest absolute Gasteiger partial charge is 0.465 e. The molecule has 1 saturated heterocycles. The van der Waals surface area contributed by atoms with Crippen molar-refractivity contribution in [1.29, 1.82) is 0 Å². The third-order valence-electron chi connectivity index (χ3n) is 6.11. The van der Waals surface area contributed by atoms with E-state index < -0.39 is 11.9 Å². The number of amides is 1. The van der Waals surface area contributed by atoms with Crippen LogP contribution in [0.3, 0.4) is 0 Å². The Morgan fingerprint density at radius 2 is 2.09 bits per heavy atom. The van der Waals surface area contributed by atoms with Crippen molar-refractivity contribution in [3.63, 3.8) is 0 Å². The van der Waals surface area contributed by atoms with E-state index in [2.05, 4.69) is 27.2 Å². The van der Waals surface area contributed by atoms with Crippen LogP contribution in [0.15, 0.2) is 24.4 Å². The molecule has 10 heteroatoms. The van der Waals surface area contributed by atoms with Gasteiger partial charge in [-0.15, -0.1) is 0 Å². The lowest BCUT2D eigenvalue weighted by Gasteiger charge is -2.28. The summed E-state index contributed by atoms with van der Waals surface area (Å²) in [6, 6.07) is 5.11. The molecule has 2 aromatic rings. The van der Waals surface area contributed by atoms with Gasteiger partial charge >= 0.3 is 12.1 Å². The summed E-state index contributed by atoms with van der Waals surface area (Å²) in [7, 11) is 0. The molecule has 0 radical (unpaired) electrons. The van der Waals surface area contributed by atoms with Crippen LogP contribution in [-0.4, -0.2) is 52.8 Å². The topological polar surface area (TPSA) is 107 Å². The number of esters is 1. The summed E-state index contributed by atoms with van der Waals surface area (Å²) in [5.74, 6) is -0.104. The third-order valence-corrected chi connectivity index (χ3v) is 6.11. The highest BCUT2D eigenvalue weighted by Crippen LogP contribution is 2.28. The molecule has 2 aromatic heterocycles. The number of nitrogens with one attached hydrogen (secondary N) is 1. The second-order valence-corrected chi connectivity index (χ2v) is 8.60. The maximum absolute atomic E-state index is 14.6. The van der Waals surface area contributed by atoms with E-state index in [1.165, 1.54) is 4.90 Å². The second kappa shape index (κ2) is 11.2. The van der Waals surface area contributed by atoms with Crippen molar-refractivity contribution in [1.82, 2.24) is 15.0 Å². The van der Waals surface area contributed by atoms with Crippen LogP contribution in [0.1, 0.15) is 51.9 Å². The molecule has 0 atom stereocenters. The molecule has 4 rings (SSSR count). The van der Waals surface area contributed by atoms with Gasteiger partial charge in [0.15, 0.2) is 5.82 Å². The van der Waals surface area contributed by atoms with Gasteiger partial charge < -0.3 is 14.8 Å². The zero-order chi connectivity index (χ0) is 23.9. The number of halogens is 1. The average Bonchev–Trinajstić information content (AvgIpc) is 2.86. The van der Waals surface area contributed by atoms with Gasteiger partial charge in [0, 0.05) is 12.6 Å². The molecule has 9 nitrogen and oxygen atoms in total. The Bertz CT molecular complexity index is 1010. The molecule has 1 N–H and O–H groups in total. The Balaban J connectivity index is 1.40. The second-order valence-electron chi connectivity index (χ2n) is 8.60. The molecule has 1 aliphatic carbocycles. The first-order valence-corrected chi connectivity index (χ1v) is 11.9. The summed E-state index contributed by atoms with van der Waals surface area (Å²) < 4.78 is 25.0. The molecule has 1 saturated carbocycles. The molecular formula is C24H30FN5O4. The van der Waals surface area contributed by atoms with Crippen molar-refractivity contribution < 1.29 is 23.5 Å². The Hall–Kier alpha value is -3.30. The molecule has 2 aliphatic rings. The van der Waals surface area contributed by atoms with Crippen molar-refractivity contribution in [3.8, 4) is 11.4 Å². The molecule has 0 spiro atoms. The van der Waals surface area contributed by atoms with Crippen LogP contribution in [0.25, 0.3) is 11.4 Å². The first kappa shape index (κ1) is 23.8. The number of unbranched alkanes of at least 4 members (excludes halogenated alkanes) is 1. The van der Waals surface area contributed by atoms with E-state index >= 15 is 0 Å². The molecule has 0 unspecified atom stereocenters. The van der Waals surface area contributed by atoms with Gasteiger partial charge in [-0.05, 0) is 50.7 Å². The minimum absolute atomic E-state index is 0.0536. The number of anilines is 2. The third kappa shape index (κ3) is 5.78. The van der Waals surface area contributed by atoms with Crippen molar-refractivity contribution in [3.05, 3.63) is 30.2 Å². The molecule has 182 valence electrons. The summed E-state index contributed by atoms with van der Waals surface area (Å²) >= 11 is 0. The Labute approximate surface area is 198 Å². The maximum atomic E-state index is 14.6. The van der Waals surface area contributed by atoms with Crippen LogP contribution < -0.4 is 10.2 Å². The number of nitrogens with zero attached hydrogens (tertiary/aromatic N) is 4. The van der Waals surface area contributed by atoms with Crippen molar-refractivity contribution >= 4 is 23.8 Å². The quantitative estimate of drug-likeness (QED) is 0.448. The number of aromatic nitrogens is 3. The van der Waals surface area contributed by atoms with Gasteiger partial charge in [-0.3, -0.25) is 9.69 Å². The fourth-order valence-electron chi connectivity index (χ4n) is 4.17. The van der Waals surface area contributed by atoms with E-state index in [0.717, 1.165) is 44.7 Å². The van der Waals surface area contributed by atoms with E-state index in [1.54, 1.807) is 18.2 Å². The van der Waals surface area contributed by atoms with Crippen LogP contribution in [-0.2, 0) is 14.3 Å². The molecular weight excluding hydrogens is 441 g/mol. The minimum atomic E-state index is -0.602. The van der Waals surface area contributed by atoms with Crippen LogP contribution in [0.4, 0.5) is 21.0 Å². The van der Waals surface area contributed by atoms with E-state index in [4.69, 9.17) is 9.47 Å². The predicted octanol–water partition coefficient (Wildman–Crippen LogP) is 4.34. The summed E-state index contributed by atoms with van der Waals surface area (Å²) in [5, 5.41) is 3.26. The Kier molecular flexibility index (Phi) is 7.87. The number of carbonyl (C=O) groups is 2. The number of cyclic esters (lactones) is 1. The number of carbonyl (C=O) groups excluding carboxylic acids is 2. The summed E-state index contributed by atoms with van der Waals surface area (Å²) in [5.41, 5.74) is 0.357. The summed E-state index contributed by atoms with van der Waals surface area (Å²) in [6.45, 7) is 3.41. The standard InChI is InChI=1S/C24H30FN5O4/c1-2-3-13-33-22(31)16-8-10-17(11-9-16)27-23-26-15-18(25)21(29-23)19-6-4-7-20(28-19)30-12-5-14-34-24(30)32/h4,6-7,15-17H,2-3,5,8-14H2,1H3,(H,26,27,29). The normalized spacial score (nSPS) is 20.5. The molecule has 1 aliphatic heterocycles. The first-order chi connectivity index (χ1) is 16.5. The fraction of sp³-hybridized carbons (Fsp3) is 0.542. The Morgan fingerprint density at radius 1 is 1.26 bits per heavy atom. The van der Waals surface area contributed by atoms with E-state index in [-0.39, 0.29) is 23.6 Å². The number of pyridine rings is 1. The molecule has 2 fully saturated rings. The SMILES string of the molecule is CCCCOC(=O)C1CCC(Nc2ncc(F)c(-c3cccc(N4CCCOC4=O)n3)n2)CC1. The number of hydrogen-bond acceptors (Lipinski definition) is 8. The first-order valence-electron chi connectivity index (χ1n) is 11.9. The van der Waals surface area contributed by atoms with Gasteiger partial charge in [0.1, 0.15) is 11.5 Å². The lowest BCUT2D eigenvalue weighted by atomic mass is 9.86. The average molecular weight is 472 g/mol. The van der Waals surface area contributed by atoms with Crippen molar-refractivity contribution in [2.75, 3.05) is 30.0 Å². The van der Waals surface area contributed by atoms with Crippen LogP contribution >= 0.6 is 0 Å². The molecule has 1 amide bonds. The zero-order valence-corrected chi connectivity index (χ0v) is 19.3. The lowest BCUT2D eigenvalue weighted by molar-refractivity contribution is -0.149. The summed E-state index contributed by atoms with van der Waals surface area (Å²) in [4.78, 5) is 38.5. The fourth-order valence-corrected chi connectivity index (χ4v) is 4.17. The highest BCUT2D eigenvalue weighted by molar-refractivity contribution is 5.87. The zero-order valence-electron chi connectivity index (χ0n) is 19.3. The Morgan fingerprint density at radius 3 is 2.85 bits per heavy atom. The van der Waals surface area contributed by atoms with Crippen LogP contribution in [0, 0.1) is 11.7 Å². The van der Waals surface area contributed by atoms with E-state index in [9.17, 15) is 14.0 Å². The van der Waals surface area contributed by atoms with Crippen LogP contribution in [0.2, 0.25) is 0 Å². The lowest BCUT2D eigenvalue weighted by Crippen LogP contribution is -2.38. The molecule has 0 aromatic carbocycles. The smallest absolute Gasteiger partial charge is 0.415 e. The number of rotatable bonds is 8. The predicted molar refractivity (Wildman–Crippen MR) is 124 cm³/mol. The monoisotopic (exact) mass is 471 g/mol. The van der Waals surface area contributed by atoms with Crippen molar-refractivity contribution in [2.45, 2.75) is 57.9 Å². The highest BCUT2D eigenvalue weighted by atomic mass is 19.1. The van der Waals surface area contributed by atoms with Gasteiger partial charge in [0.05, 0.1) is 31.0 Å². The molecule has 3 heterocycles. The van der Waals surface area contributed by atoms with Gasteiger partial charge in [-0.25, -0.2) is 24.1 Å². The van der Waals surface area contributed by atoms with Crippen LogP contribution in [0.5, 0.6) is 0 Å². The minimum Gasteiger partial charge on any atom is -0.465 e. The van der Waals surface area contributed by atoms with Gasteiger partial charge in [0.2, 0.25) is 5.95 Å².